The number of benzene rings is 3. The van der Waals surface area contributed by atoms with Crippen LogP contribution >= 0.6 is 46.6 Å². The molecule has 1 saturated heterocycles. The van der Waals surface area contributed by atoms with Crippen LogP contribution in [-0.4, -0.2) is 59.1 Å². The van der Waals surface area contributed by atoms with Gasteiger partial charge in [0.05, 0.1) is 27.0 Å². The van der Waals surface area contributed by atoms with E-state index < -0.39 is 38.9 Å². The molecule has 1 fully saturated rings. The fourth-order valence-electron chi connectivity index (χ4n) is 4.90. The van der Waals surface area contributed by atoms with E-state index in [1.54, 1.807) is 30.3 Å². The van der Waals surface area contributed by atoms with Crippen molar-refractivity contribution in [1.29, 1.82) is 0 Å². The molecule has 43 heavy (non-hydrogen) atoms. The second-order valence-electron chi connectivity index (χ2n) is 10.8. The Morgan fingerprint density at radius 1 is 1.02 bits per heavy atom. The third kappa shape index (κ3) is 7.86. The molecule has 2 amide bonds. The number of aliphatic hydroxyl groups is 1. The van der Waals surface area contributed by atoms with Gasteiger partial charge in [0.25, 0.3) is 5.91 Å². The second-order valence-corrected chi connectivity index (χ2v) is 15.3. The molecule has 8 nitrogen and oxygen atoms in total. The zero-order valence-corrected chi connectivity index (χ0v) is 27.6. The summed E-state index contributed by atoms with van der Waals surface area (Å²) >= 11 is 19.6. The molecule has 0 bridgehead atoms. The number of halogens is 3. The molecule has 4 rings (SSSR count). The lowest BCUT2D eigenvalue weighted by Gasteiger charge is -2.33. The summed E-state index contributed by atoms with van der Waals surface area (Å²) in [5, 5.41) is 14.2. The van der Waals surface area contributed by atoms with Gasteiger partial charge in [0.15, 0.2) is 0 Å². The van der Waals surface area contributed by atoms with Crippen molar-refractivity contribution in [2.24, 2.45) is 0 Å². The van der Waals surface area contributed by atoms with E-state index in [1.807, 2.05) is 45.0 Å². The first-order valence-corrected chi connectivity index (χ1v) is 17.0. The van der Waals surface area contributed by atoms with Gasteiger partial charge >= 0.3 is 0 Å². The number of nitrogens with zero attached hydrogens (tertiary/aromatic N) is 1. The van der Waals surface area contributed by atoms with Crippen molar-refractivity contribution in [3.63, 3.8) is 0 Å². The number of carbonyl (C=O) groups is 2. The molecule has 0 unspecified atom stereocenters. The van der Waals surface area contributed by atoms with Crippen molar-refractivity contribution < 1.29 is 23.1 Å². The van der Waals surface area contributed by atoms with Gasteiger partial charge in [-0.2, -0.15) is 0 Å². The minimum Gasteiger partial charge on any atom is -0.382 e. The first kappa shape index (κ1) is 33.6. The summed E-state index contributed by atoms with van der Waals surface area (Å²) in [6.45, 7) is 5.92. The number of carbonyl (C=O) groups excluding carboxylic acids is 2. The van der Waals surface area contributed by atoms with Crippen molar-refractivity contribution in [2.45, 2.75) is 61.6 Å². The van der Waals surface area contributed by atoms with Crippen LogP contribution in [0, 0.1) is 6.92 Å². The molecule has 0 radical (unpaired) electrons. The van der Waals surface area contributed by atoms with Gasteiger partial charge in [0, 0.05) is 11.3 Å². The summed E-state index contributed by atoms with van der Waals surface area (Å²) in [7, 11) is -4.39. The summed E-state index contributed by atoms with van der Waals surface area (Å²) in [6.07, 6.45) is -1.86. The maximum Gasteiger partial charge on any atom is 0.254 e. The lowest BCUT2D eigenvalue weighted by atomic mass is 9.97. The number of aryl methyl sites for hydroxylation is 1. The van der Waals surface area contributed by atoms with E-state index in [2.05, 4.69) is 10.0 Å². The van der Waals surface area contributed by atoms with Crippen LogP contribution in [0.1, 0.15) is 30.5 Å². The van der Waals surface area contributed by atoms with Crippen molar-refractivity contribution in [3.05, 3.63) is 98.5 Å². The molecular weight excluding hydrogens is 653 g/mol. The monoisotopic (exact) mass is 683 g/mol. The Morgan fingerprint density at radius 2 is 1.65 bits per heavy atom. The minimum atomic E-state index is -4.39. The maximum atomic E-state index is 13.9. The quantitative estimate of drug-likeness (QED) is 0.253. The highest BCUT2D eigenvalue weighted by Gasteiger charge is 2.50. The number of hydrogen-bond donors (Lipinski definition) is 3. The van der Waals surface area contributed by atoms with E-state index in [4.69, 9.17) is 34.8 Å². The molecule has 1 aliphatic rings. The molecular formula is C30H32Cl3N3O5S2. The van der Waals surface area contributed by atoms with Crippen LogP contribution in [0.4, 0.5) is 0 Å². The van der Waals surface area contributed by atoms with Gasteiger partial charge in [-0.15, -0.1) is 11.8 Å². The van der Waals surface area contributed by atoms with E-state index in [0.29, 0.717) is 5.56 Å². The van der Waals surface area contributed by atoms with Gasteiger partial charge in [-0.05, 0) is 56.0 Å². The molecule has 0 aliphatic carbocycles. The molecule has 3 atom stereocenters. The van der Waals surface area contributed by atoms with Crippen molar-refractivity contribution >= 4 is 68.4 Å². The number of nitrogens with one attached hydrogen (secondary N) is 2. The number of hydrogen-bond acceptors (Lipinski definition) is 6. The maximum absolute atomic E-state index is 13.9. The highest BCUT2D eigenvalue weighted by atomic mass is 35.5. The van der Waals surface area contributed by atoms with Gasteiger partial charge in [-0.3, -0.25) is 9.59 Å². The summed E-state index contributed by atoms with van der Waals surface area (Å²) in [5.74, 6) is -1.02. The smallest absolute Gasteiger partial charge is 0.254 e. The van der Waals surface area contributed by atoms with Crippen LogP contribution in [0.3, 0.4) is 0 Å². The highest BCUT2D eigenvalue weighted by molar-refractivity contribution is 8.00. The fourth-order valence-corrected chi connectivity index (χ4v) is 8.28. The Morgan fingerprint density at radius 3 is 2.33 bits per heavy atom. The second kappa shape index (κ2) is 13.8. The van der Waals surface area contributed by atoms with Crippen LogP contribution in [0.2, 0.25) is 15.1 Å². The van der Waals surface area contributed by atoms with Gasteiger partial charge in [0.1, 0.15) is 17.0 Å². The topological polar surface area (TPSA) is 116 Å². The number of rotatable bonds is 10. The van der Waals surface area contributed by atoms with Gasteiger partial charge in [0.2, 0.25) is 15.9 Å². The molecule has 3 N–H and O–H groups in total. The number of amides is 2. The van der Waals surface area contributed by atoms with Crippen LogP contribution < -0.4 is 10.0 Å². The SMILES string of the molecule is Cc1ccccc1CNC(=O)[C@H]1N(C(=O)[C@@H](O)[C@H](Cc2ccccc2)NS(=O)(=O)c2cc(Cl)c(Cl)cc2Cl)CSC1(C)C. The molecule has 1 heterocycles. The molecule has 230 valence electrons. The van der Waals surface area contributed by atoms with Gasteiger partial charge in [-0.1, -0.05) is 89.4 Å². The van der Waals surface area contributed by atoms with Crippen LogP contribution in [0.25, 0.3) is 0 Å². The molecule has 0 spiro atoms. The average molecular weight is 685 g/mol. The first-order chi connectivity index (χ1) is 20.2. The first-order valence-electron chi connectivity index (χ1n) is 13.4. The summed E-state index contributed by atoms with van der Waals surface area (Å²) in [6, 6.07) is 16.6. The normalized spacial score (nSPS) is 17.8. The number of aliphatic hydroxyl groups excluding tert-OH is 1. The number of sulfonamides is 1. The molecule has 3 aromatic rings. The molecule has 3 aromatic carbocycles. The molecule has 13 heteroatoms. The van der Waals surface area contributed by atoms with Crippen LogP contribution in [0.5, 0.6) is 0 Å². The zero-order valence-electron chi connectivity index (χ0n) is 23.7. The van der Waals surface area contributed by atoms with Crippen molar-refractivity contribution in [2.75, 3.05) is 5.88 Å². The molecule has 0 aromatic heterocycles. The van der Waals surface area contributed by atoms with E-state index in [1.165, 1.54) is 22.7 Å². The van der Waals surface area contributed by atoms with Crippen LogP contribution in [0.15, 0.2) is 71.6 Å². The minimum absolute atomic E-state index is 0.0273. The zero-order chi connectivity index (χ0) is 31.5. The van der Waals surface area contributed by atoms with E-state index in [0.717, 1.165) is 17.2 Å². The largest absolute Gasteiger partial charge is 0.382 e. The standard InChI is InChI=1S/C30H32Cl3N3O5S2/c1-18-9-7-8-12-20(18)16-34-28(38)27-30(2,3)42-17-36(27)29(39)26(37)24(13-19-10-5-4-6-11-19)35-43(40,41)25-15-22(32)21(31)14-23(25)33/h4-12,14-15,24,26-27,35,37H,13,16-17H2,1-3H3,(H,34,38)/t24-,26-,27+/m0/s1. The van der Waals surface area contributed by atoms with E-state index >= 15 is 0 Å². The van der Waals surface area contributed by atoms with Gasteiger partial charge in [-0.25, -0.2) is 13.1 Å². The predicted molar refractivity (Wildman–Crippen MR) is 172 cm³/mol. The van der Waals surface area contributed by atoms with E-state index in [-0.39, 0.29) is 44.7 Å². The number of thioether (sulfide) groups is 1. The Balaban J connectivity index is 1.61. The summed E-state index contributed by atoms with van der Waals surface area (Å²) < 4.78 is 28.7. The third-order valence-corrected chi connectivity index (χ3v) is 11.3. The predicted octanol–water partition coefficient (Wildman–Crippen LogP) is 5.20. The van der Waals surface area contributed by atoms with Crippen LogP contribution in [-0.2, 0) is 32.6 Å². The Kier molecular flexibility index (Phi) is 10.8. The lowest BCUT2D eigenvalue weighted by Crippen LogP contribution is -2.58. The third-order valence-electron chi connectivity index (χ3n) is 7.30. The average Bonchev–Trinajstić information content (AvgIpc) is 3.28. The van der Waals surface area contributed by atoms with Crippen molar-refractivity contribution in [3.8, 4) is 0 Å². The summed E-state index contributed by atoms with van der Waals surface area (Å²) in [5.41, 5.74) is 2.63. The van der Waals surface area contributed by atoms with Gasteiger partial charge < -0.3 is 15.3 Å². The fraction of sp³-hybridized carbons (Fsp3) is 0.333. The molecule has 0 saturated carbocycles. The lowest BCUT2D eigenvalue weighted by molar-refractivity contribution is -0.147. The Hall–Kier alpha value is -2.31. The summed E-state index contributed by atoms with van der Waals surface area (Å²) in [4.78, 5) is 28.3. The van der Waals surface area contributed by atoms with Crippen molar-refractivity contribution in [1.82, 2.24) is 14.9 Å². The highest BCUT2D eigenvalue weighted by Crippen LogP contribution is 2.40. The van der Waals surface area contributed by atoms with E-state index in [9.17, 15) is 23.1 Å². The Labute approximate surface area is 271 Å². The Bertz CT molecular complexity index is 1610. The molecule has 1 aliphatic heterocycles.